The molecule has 0 spiro atoms. The maximum Gasteiger partial charge on any atom is 0.411 e. The Balaban J connectivity index is 1.57. The molecule has 0 heterocycles. The topological polar surface area (TPSA) is 88.7 Å². The molecule has 0 bridgehead atoms. The Bertz CT molecular complexity index is 785. The first-order chi connectivity index (χ1) is 12.1. The van der Waals surface area contributed by atoms with Gasteiger partial charge in [-0.1, -0.05) is 18.2 Å². The predicted molar refractivity (Wildman–Crippen MR) is 99.9 cm³/mol. The van der Waals surface area contributed by atoms with Crippen LogP contribution in [0.3, 0.4) is 0 Å². The Morgan fingerprint density at radius 2 is 1.80 bits per heavy atom. The second kappa shape index (κ2) is 7.70. The number of hydrogen-bond donors (Lipinski definition) is 3. The van der Waals surface area contributed by atoms with Gasteiger partial charge < -0.3 is 15.8 Å². The molecule has 0 aliphatic heterocycles. The fourth-order valence-corrected chi connectivity index (χ4v) is 2.88. The van der Waals surface area contributed by atoms with E-state index in [0.717, 1.165) is 17.7 Å². The number of carbonyl (C=O) groups is 1. The molecule has 0 unspecified atom stereocenters. The summed E-state index contributed by atoms with van der Waals surface area (Å²) in [5.41, 5.74) is 11.4. The van der Waals surface area contributed by atoms with Crippen LogP contribution < -0.4 is 16.4 Å². The number of rotatable bonds is 4. The fourth-order valence-electron chi connectivity index (χ4n) is 2.88. The molecule has 25 heavy (non-hydrogen) atoms. The van der Waals surface area contributed by atoms with Gasteiger partial charge in [0.15, 0.2) is 5.96 Å². The van der Waals surface area contributed by atoms with Gasteiger partial charge in [-0.3, -0.25) is 5.32 Å². The van der Waals surface area contributed by atoms with Crippen LogP contribution in [-0.4, -0.2) is 19.2 Å². The van der Waals surface area contributed by atoms with Crippen LogP contribution in [0.5, 0.6) is 0 Å². The molecule has 0 fully saturated rings. The largest absolute Gasteiger partial charge is 0.453 e. The molecule has 1 aliphatic carbocycles. The third kappa shape index (κ3) is 4.50. The summed E-state index contributed by atoms with van der Waals surface area (Å²) >= 11 is 0. The van der Waals surface area contributed by atoms with Gasteiger partial charge in [-0.25, -0.2) is 9.79 Å². The van der Waals surface area contributed by atoms with E-state index in [9.17, 15) is 4.79 Å². The molecule has 4 N–H and O–H groups in total. The van der Waals surface area contributed by atoms with Gasteiger partial charge in [0, 0.05) is 11.4 Å². The van der Waals surface area contributed by atoms with Crippen molar-refractivity contribution < 1.29 is 9.53 Å². The Morgan fingerprint density at radius 1 is 1.08 bits per heavy atom. The molecule has 0 saturated carbocycles. The quantitative estimate of drug-likeness (QED) is 0.589. The molecule has 0 atom stereocenters. The lowest BCUT2D eigenvalue weighted by molar-refractivity contribution is 0.187. The van der Waals surface area contributed by atoms with Crippen molar-refractivity contribution in [2.75, 3.05) is 17.7 Å². The molecule has 6 heteroatoms. The van der Waals surface area contributed by atoms with E-state index >= 15 is 0 Å². The normalized spacial score (nSPS) is 13.2. The van der Waals surface area contributed by atoms with Crippen LogP contribution in [0.15, 0.2) is 47.5 Å². The number of guanidine groups is 1. The summed E-state index contributed by atoms with van der Waals surface area (Å²) in [6.45, 7) is 0.461. The number of carbonyl (C=O) groups excluding carboxylic acids is 1. The molecule has 0 aromatic heterocycles. The lowest BCUT2D eigenvalue weighted by Crippen LogP contribution is -2.22. The summed E-state index contributed by atoms with van der Waals surface area (Å²) in [5, 5.41) is 5.74. The summed E-state index contributed by atoms with van der Waals surface area (Å²) in [7, 11) is 1.33. The van der Waals surface area contributed by atoms with Gasteiger partial charge in [0.05, 0.1) is 13.7 Å². The number of methoxy groups -OCH3 is 1. The van der Waals surface area contributed by atoms with Gasteiger partial charge in [0.1, 0.15) is 0 Å². The fraction of sp³-hybridized carbons (Fsp3) is 0.263. The highest BCUT2D eigenvalue weighted by Gasteiger charge is 2.10. The second-order valence-electron chi connectivity index (χ2n) is 5.98. The van der Waals surface area contributed by atoms with Crippen LogP contribution in [0.2, 0.25) is 0 Å². The second-order valence-corrected chi connectivity index (χ2v) is 5.98. The zero-order valence-corrected chi connectivity index (χ0v) is 14.2. The Labute approximate surface area is 147 Å². The van der Waals surface area contributed by atoms with Gasteiger partial charge in [-0.2, -0.15) is 0 Å². The van der Waals surface area contributed by atoms with E-state index < -0.39 is 6.09 Å². The van der Waals surface area contributed by atoms with Crippen molar-refractivity contribution in [3.8, 4) is 0 Å². The first kappa shape index (κ1) is 16.8. The smallest absolute Gasteiger partial charge is 0.411 e. The molecule has 3 rings (SSSR count). The Morgan fingerprint density at radius 3 is 2.56 bits per heavy atom. The monoisotopic (exact) mass is 338 g/mol. The highest BCUT2D eigenvalue weighted by molar-refractivity contribution is 5.92. The van der Waals surface area contributed by atoms with E-state index in [-0.39, 0.29) is 0 Å². The Kier molecular flexibility index (Phi) is 5.18. The number of nitrogens with zero attached hydrogens (tertiary/aromatic N) is 1. The molecule has 1 aliphatic rings. The highest BCUT2D eigenvalue weighted by Crippen LogP contribution is 2.24. The third-order valence-corrected chi connectivity index (χ3v) is 4.19. The number of ether oxygens (including phenoxy) is 1. The van der Waals surface area contributed by atoms with Crippen molar-refractivity contribution in [3.63, 3.8) is 0 Å². The molecule has 0 radical (unpaired) electrons. The van der Waals surface area contributed by atoms with Crippen molar-refractivity contribution in [2.45, 2.75) is 25.8 Å². The van der Waals surface area contributed by atoms with Crippen LogP contribution in [-0.2, 0) is 24.1 Å². The molecule has 6 nitrogen and oxygen atoms in total. The first-order valence-corrected chi connectivity index (χ1v) is 8.27. The standard InChI is InChI=1S/C19H22N4O2/c1-25-19(24)23-16-8-5-13(6-9-16)12-21-18(20)22-17-10-7-14-3-2-4-15(14)11-17/h5-11H,2-4,12H2,1H3,(H,23,24)(H3,20,21,22). The van der Waals surface area contributed by atoms with Crippen molar-refractivity contribution in [3.05, 3.63) is 59.2 Å². The summed E-state index contributed by atoms with van der Waals surface area (Å²) in [5.74, 6) is 0.384. The van der Waals surface area contributed by atoms with E-state index in [0.29, 0.717) is 18.2 Å². The van der Waals surface area contributed by atoms with E-state index in [4.69, 9.17) is 5.73 Å². The van der Waals surface area contributed by atoms with Crippen molar-refractivity contribution in [1.82, 2.24) is 0 Å². The molecular formula is C19H22N4O2. The first-order valence-electron chi connectivity index (χ1n) is 8.27. The number of aliphatic imine (C=N–C) groups is 1. The number of aryl methyl sites for hydroxylation is 2. The summed E-state index contributed by atoms with van der Waals surface area (Å²) in [4.78, 5) is 15.5. The lowest BCUT2D eigenvalue weighted by Gasteiger charge is -2.08. The zero-order valence-electron chi connectivity index (χ0n) is 14.2. The van der Waals surface area contributed by atoms with Crippen LogP contribution in [0.1, 0.15) is 23.1 Å². The molecular weight excluding hydrogens is 316 g/mol. The average Bonchev–Trinajstić information content (AvgIpc) is 3.09. The van der Waals surface area contributed by atoms with E-state index in [1.54, 1.807) is 12.1 Å². The molecule has 1 amide bonds. The van der Waals surface area contributed by atoms with Crippen LogP contribution in [0, 0.1) is 0 Å². The molecule has 2 aromatic rings. The van der Waals surface area contributed by atoms with Crippen molar-refractivity contribution in [1.29, 1.82) is 0 Å². The number of amides is 1. The molecule has 130 valence electrons. The number of nitrogens with one attached hydrogen (secondary N) is 2. The average molecular weight is 338 g/mol. The number of fused-ring (bicyclic) bond motifs is 1. The van der Waals surface area contributed by atoms with Crippen LogP contribution in [0.25, 0.3) is 0 Å². The summed E-state index contributed by atoms with van der Waals surface area (Å²) < 4.78 is 4.55. The predicted octanol–water partition coefficient (Wildman–Crippen LogP) is 3.28. The summed E-state index contributed by atoms with van der Waals surface area (Å²) in [6.07, 6.45) is 3.03. The molecule has 2 aromatic carbocycles. The maximum atomic E-state index is 11.1. The number of anilines is 2. The SMILES string of the molecule is COC(=O)Nc1ccc(CN=C(N)Nc2ccc3c(c2)CCC3)cc1. The highest BCUT2D eigenvalue weighted by atomic mass is 16.5. The van der Waals surface area contributed by atoms with Gasteiger partial charge in [0.2, 0.25) is 0 Å². The minimum absolute atomic E-state index is 0.384. The van der Waals surface area contributed by atoms with E-state index in [1.165, 1.54) is 31.1 Å². The summed E-state index contributed by atoms with van der Waals surface area (Å²) in [6, 6.07) is 13.7. The third-order valence-electron chi connectivity index (χ3n) is 4.19. The molecule has 0 saturated heterocycles. The van der Waals surface area contributed by atoms with E-state index in [2.05, 4.69) is 32.5 Å². The minimum atomic E-state index is -0.492. The number of nitrogens with two attached hydrogens (primary N) is 1. The Hall–Kier alpha value is -3.02. The van der Waals surface area contributed by atoms with E-state index in [1.807, 2.05) is 18.2 Å². The van der Waals surface area contributed by atoms with Gasteiger partial charge in [-0.15, -0.1) is 0 Å². The van der Waals surface area contributed by atoms with Gasteiger partial charge >= 0.3 is 6.09 Å². The van der Waals surface area contributed by atoms with Crippen molar-refractivity contribution in [2.24, 2.45) is 10.7 Å². The zero-order chi connectivity index (χ0) is 17.6. The van der Waals surface area contributed by atoms with Crippen LogP contribution in [0.4, 0.5) is 16.2 Å². The van der Waals surface area contributed by atoms with Crippen molar-refractivity contribution >= 4 is 23.4 Å². The maximum absolute atomic E-state index is 11.1. The number of hydrogen-bond acceptors (Lipinski definition) is 3. The van der Waals surface area contributed by atoms with Crippen LogP contribution >= 0.6 is 0 Å². The number of benzene rings is 2. The van der Waals surface area contributed by atoms with Gasteiger partial charge in [0.25, 0.3) is 0 Å². The van der Waals surface area contributed by atoms with Gasteiger partial charge in [-0.05, 0) is 60.2 Å². The lowest BCUT2D eigenvalue weighted by atomic mass is 10.1. The minimum Gasteiger partial charge on any atom is -0.453 e.